The molecule has 1 radical (unpaired) electrons. The number of aromatic nitrogens is 2. The van der Waals surface area contributed by atoms with Gasteiger partial charge < -0.3 is 0 Å². The average Bonchev–Trinajstić information content (AvgIpc) is 2.71. The van der Waals surface area contributed by atoms with Gasteiger partial charge in [0.05, 0.1) is 0 Å². The lowest BCUT2D eigenvalue weighted by atomic mass is 10.3. The Hall–Kier alpha value is -0.920. The summed E-state index contributed by atoms with van der Waals surface area (Å²) in [6.07, 6.45) is 6.93. The average molecular weight is 119 g/mol. The normalized spacial score (nSPS) is 17.8. The molecule has 0 saturated heterocycles. The van der Waals surface area contributed by atoms with Gasteiger partial charge in [0.15, 0.2) is 6.33 Å². The maximum Gasteiger partial charge on any atom is 0.197 e. The monoisotopic (exact) mass is 119 g/mol. The standard InChI is InChI=1S/C7H7N2/c1-2-6(1)7-3-4-8-5-9-7/h3-4,6H,1-2H2. The van der Waals surface area contributed by atoms with Gasteiger partial charge in [-0.1, -0.05) is 0 Å². The minimum atomic E-state index is 0.726. The molecule has 0 amide bonds. The van der Waals surface area contributed by atoms with Crippen LogP contribution >= 0.6 is 0 Å². The van der Waals surface area contributed by atoms with Gasteiger partial charge >= 0.3 is 0 Å². The van der Waals surface area contributed by atoms with Gasteiger partial charge in [0.2, 0.25) is 0 Å². The molecule has 1 aromatic rings. The van der Waals surface area contributed by atoms with E-state index in [1.807, 2.05) is 6.07 Å². The quantitative estimate of drug-likeness (QED) is 0.554. The fraction of sp³-hybridized carbons (Fsp3) is 0.429. The molecule has 0 unspecified atom stereocenters. The summed E-state index contributed by atoms with van der Waals surface area (Å²) in [5.41, 5.74) is 1.16. The van der Waals surface area contributed by atoms with Crippen LogP contribution in [0.2, 0.25) is 0 Å². The highest BCUT2D eigenvalue weighted by atomic mass is 14.8. The highest BCUT2D eigenvalue weighted by Crippen LogP contribution is 2.38. The molecule has 1 heterocycles. The third-order valence-corrected chi connectivity index (χ3v) is 1.55. The first kappa shape index (κ1) is 4.91. The summed E-state index contributed by atoms with van der Waals surface area (Å²) in [7, 11) is 0. The molecule has 0 N–H and O–H groups in total. The number of rotatable bonds is 1. The second-order valence-electron chi connectivity index (χ2n) is 2.36. The third kappa shape index (κ3) is 0.922. The Morgan fingerprint density at radius 2 is 2.44 bits per heavy atom. The fourth-order valence-corrected chi connectivity index (χ4v) is 0.877. The van der Waals surface area contributed by atoms with Crippen LogP contribution in [0.4, 0.5) is 0 Å². The predicted molar refractivity (Wildman–Crippen MR) is 32.8 cm³/mol. The van der Waals surface area contributed by atoms with Crippen molar-refractivity contribution in [2.75, 3.05) is 0 Å². The smallest absolute Gasteiger partial charge is 0.197 e. The molecule has 45 valence electrons. The number of hydrogen-bond donors (Lipinski definition) is 0. The molecule has 0 aromatic carbocycles. The van der Waals surface area contributed by atoms with Gasteiger partial charge in [-0.15, -0.1) is 0 Å². The molecule has 0 atom stereocenters. The summed E-state index contributed by atoms with van der Waals surface area (Å²) in [5.74, 6) is 0.726. The highest BCUT2D eigenvalue weighted by molar-refractivity contribution is 5.11. The lowest BCUT2D eigenvalue weighted by molar-refractivity contribution is 0.979. The Morgan fingerprint density at radius 3 is 3.00 bits per heavy atom. The second kappa shape index (κ2) is 1.79. The Bertz CT molecular complexity index is 191. The van der Waals surface area contributed by atoms with E-state index in [0.717, 1.165) is 11.6 Å². The van der Waals surface area contributed by atoms with E-state index in [4.69, 9.17) is 0 Å². The molecule has 0 aliphatic heterocycles. The fourth-order valence-electron chi connectivity index (χ4n) is 0.877. The van der Waals surface area contributed by atoms with Crippen molar-refractivity contribution < 1.29 is 0 Å². The van der Waals surface area contributed by atoms with Crippen molar-refractivity contribution in [2.45, 2.75) is 18.8 Å². The van der Waals surface area contributed by atoms with Crippen molar-refractivity contribution in [3.8, 4) is 0 Å². The van der Waals surface area contributed by atoms with Crippen LogP contribution in [0, 0.1) is 6.33 Å². The van der Waals surface area contributed by atoms with Crippen LogP contribution in [0.1, 0.15) is 24.5 Å². The van der Waals surface area contributed by atoms with Crippen molar-refractivity contribution in [1.29, 1.82) is 0 Å². The van der Waals surface area contributed by atoms with Crippen LogP contribution in [0.15, 0.2) is 12.3 Å². The van der Waals surface area contributed by atoms with E-state index in [1.165, 1.54) is 12.8 Å². The summed E-state index contributed by atoms with van der Waals surface area (Å²) >= 11 is 0. The first-order chi connectivity index (χ1) is 4.47. The molecule has 2 nitrogen and oxygen atoms in total. The van der Waals surface area contributed by atoms with Gasteiger partial charge in [0.25, 0.3) is 0 Å². The molecule has 9 heavy (non-hydrogen) atoms. The third-order valence-electron chi connectivity index (χ3n) is 1.55. The Balaban J connectivity index is 2.29. The van der Waals surface area contributed by atoms with Crippen molar-refractivity contribution in [2.24, 2.45) is 0 Å². The maximum atomic E-state index is 4.00. The topological polar surface area (TPSA) is 25.8 Å². The molecule has 1 saturated carbocycles. The van der Waals surface area contributed by atoms with E-state index in [1.54, 1.807) is 6.20 Å². The van der Waals surface area contributed by atoms with Crippen molar-refractivity contribution in [1.82, 2.24) is 9.97 Å². The SMILES string of the molecule is [c]1nccc(C2CC2)n1. The van der Waals surface area contributed by atoms with Gasteiger partial charge in [0, 0.05) is 17.8 Å². The molecule has 1 fully saturated rings. The number of hydrogen-bond acceptors (Lipinski definition) is 2. The van der Waals surface area contributed by atoms with Crippen LogP contribution in [0.25, 0.3) is 0 Å². The Kier molecular flexibility index (Phi) is 0.979. The van der Waals surface area contributed by atoms with Crippen LogP contribution in [-0.4, -0.2) is 9.97 Å². The minimum Gasteiger partial charge on any atom is -0.234 e. The molecule has 1 aliphatic carbocycles. The van der Waals surface area contributed by atoms with Crippen molar-refractivity contribution in [3.63, 3.8) is 0 Å². The highest BCUT2D eigenvalue weighted by Gasteiger charge is 2.24. The summed E-state index contributed by atoms with van der Waals surface area (Å²) in [6.45, 7) is 0. The molecule has 2 rings (SSSR count). The second-order valence-corrected chi connectivity index (χ2v) is 2.36. The zero-order valence-corrected chi connectivity index (χ0v) is 5.04. The van der Waals surface area contributed by atoms with Crippen molar-refractivity contribution >= 4 is 0 Å². The molecule has 0 spiro atoms. The van der Waals surface area contributed by atoms with Crippen molar-refractivity contribution in [3.05, 3.63) is 24.3 Å². The number of nitrogens with zero attached hydrogens (tertiary/aromatic N) is 2. The van der Waals surface area contributed by atoms with Gasteiger partial charge in [-0.25, -0.2) is 9.97 Å². The summed E-state index contributed by atoms with van der Waals surface area (Å²) in [5, 5.41) is 0. The molecule has 1 aliphatic rings. The molecule has 1 aromatic heterocycles. The van der Waals surface area contributed by atoms with E-state index in [2.05, 4.69) is 16.3 Å². The lowest BCUT2D eigenvalue weighted by Crippen LogP contribution is -1.84. The van der Waals surface area contributed by atoms with E-state index in [-0.39, 0.29) is 0 Å². The summed E-state index contributed by atoms with van der Waals surface area (Å²) in [6, 6.07) is 1.97. The molecule has 2 heteroatoms. The largest absolute Gasteiger partial charge is 0.234 e. The van der Waals surface area contributed by atoms with Gasteiger partial charge in [-0.05, 0) is 18.9 Å². The van der Waals surface area contributed by atoms with Crippen LogP contribution < -0.4 is 0 Å². The van der Waals surface area contributed by atoms with Crippen LogP contribution in [0.3, 0.4) is 0 Å². The first-order valence-corrected chi connectivity index (χ1v) is 3.16. The van der Waals surface area contributed by atoms with E-state index in [0.29, 0.717) is 0 Å². The summed E-state index contributed by atoms with van der Waals surface area (Å²) < 4.78 is 0. The van der Waals surface area contributed by atoms with Gasteiger partial charge in [-0.3, -0.25) is 0 Å². The van der Waals surface area contributed by atoms with Gasteiger partial charge in [-0.2, -0.15) is 0 Å². The Labute approximate surface area is 54.0 Å². The predicted octanol–water partition coefficient (Wildman–Crippen LogP) is 1.15. The van der Waals surface area contributed by atoms with Crippen LogP contribution in [0.5, 0.6) is 0 Å². The van der Waals surface area contributed by atoms with E-state index in [9.17, 15) is 0 Å². The lowest BCUT2D eigenvalue weighted by Gasteiger charge is -1.89. The van der Waals surface area contributed by atoms with Gasteiger partial charge in [0.1, 0.15) is 0 Å². The van der Waals surface area contributed by atoms with Crippen LogP contribution in [-0.2, 0) is 0 Å². The Morgan fingerprint density at radius 1 is 1.56 bits per heavy atom. The molecular formula is C7H7N2. The minimum absolute atomic E-state index is 0.726. The molecular weight excluding hydrogens is 112 g/mol. The van der Waals surface area contributed by atoms with E-state index >= 15 is 0 Å². The maximum absolute atomic E-state index is 4.00. The first-order valence-electron chi connectivity index (χ1n) is 3.16. The molecule has 0 bridgehead atoms. The van der Waals surface area contributed by atoms with E-state index < -0.39 is 0 Å². The summed E-state index contributed by atoms with van der Waals surface area (Å²) in [4.78, 5) is 7.72. The zero-order valence-electron chi connectivity index (χ0n) is 5.04. The zero-order chi connectivity index (χ0) is 6.10.